The molecule has 0 aliphatic carbocycles. The predicted molar refractivity (Wildman–Crippen MR) is 108 cm³/mol. The Kier molecular flexibility index (Phi) is 6.96. The van der Waals surface area contributed by atoms with Crippen LogP contribution in [0.2, 0.25) is 0 Å². The number of carbonyl (C=O) groups is 1. The molecular weight excluding hydrogens is 419 g/mol. The van der Waals surface area contributed by atoms with Crippen molar-refractivity contribution in [2.45, 2.75) is 32.4 Å². The molecule has 29 heavy (non-hydrogen) atoms. The molecule has 0 bridgehead atoms. The highest BCUT2D eigenvalue weighted by atomic mass is 32.2. The molecular formula is C18H23FN4O4S2. The third-order valence-electron chi connectivity index (χ3n) is 4.54. The fourth-order valence-corrected chi connectivity index (χ4v) is 5.43. The van der Waals surface area contributed by atoms with Crippen LogP contribution in [0.5, 0.6) is 0 Å². The Morgan fingerprint density at radius 1 is 1.48 bits per heavy atom. The lowest BCUT2D eigenvalue weighted by Gasteiger charge is -2.37. The molecule has 1 aromatic carbocycles. The Labute approximate surface area is 173 Å². The van der Waals surface area contributed by atoms with Gasteiger partial charge in [-0.1, -0.05) is 0 Å². The fraction of sp³-hybridized carbons (Fsp3) is 0.444. The lowest BCUT2D eigenvalue weighted by Crippen LogP contribution is -2.58. The minimum atomic E-state index is -3.93. The summed E-state index contributed by atoms with van der Waals surface area (Å²) in [5.41, 5.74) is 0.787. The topological polar surface area (TPSA) is 101 Å². The van der Waals surface area contributed by atoms with E-state index < -0.39 is 28.2 Å². The van der Waals surface area contributed by atoms with Crippen molar-refractivity contribution in [3.63, 3.8) is 0 Å². The third-order valence-corrected chi connectivity index (χ3v) is 7.07. The summed E-state index contributed by atoms with van der Waals surface area (Å²) < 4.78 is 48.2. The van der Waals surface area contributed by atoms with E-state index in [0.29, 0.717) is 22.9 Å². The number of nitrogens with one attached hydrogen (secondary N) is 2. The van der Waals surface area contributed by atoms with Crippen LogP contribution in [0.1, 0.15) is 30.0 Å². The smallest absolute Gasteiger partial charge is 0.280 e. The van der Waals surface area contributed by atoms with E-state index in [2.05, 4.69) is 15.0 Å². The zero-order valence-corrected chi connectivity index (χ0v) is 17.7. The second-order valence-electron chi connectivity index (χ2n) is 6.56. The van der Waals surface area contributed by atoms with Crippen molar-refractivity contribution < 1.29 is 22.3 Å². The molecule has 0 saturated carbocycles. The van der Waals surface area contributed by atoms with Crippen LogP contribution in [0.3, 0.4) is 0 Å². The molecule has 1 saturated heterocycles. The molecule has 2 heterocycles. The van der Waals surface area contributed by atoms with Gasteiger partial charge in [-0.15, -0.1) is 11.3 Å². The molecule has 1 aromatic heterocycles. The van der Waals surface area contributed by atoms with Crippen LogP contribution >= 0.6 is 11.3 Å². The van der Waals surface area contributed by atoms with Crippen LogP contribution in [-0.2, 0) is 19.7 Å². The van der Waals surface area contributed by atoms with E-state index in [1.165, 1.54) is 29.5 Å². The number of aryl methyl sites for hydroxylation is 1. The summed E-state index contributed by atoms with van der Waals surface area (Å²) in [5.74, 6) is -0.867. The number of thiazole rings is 1. The van der Waals surface area contributed by atoms with Crippen LogP contribution in [0, 0.1) is 12.7 Å². The minimum absolute atomic E-state index is 0.0360. The number of hydrogen-bond donors (Lipinski definition) is 2. The van der Waals surface area contributed by atoms with Gasteiger partial charge >= 0.3 is 0 Å². The predicted octanol–water partition coefficient (Wildman–Crippen LogP) is 2.22. The Bertz CT molecular complexity index is 953. The first-order valence-electron chi connectivity index (χ1n) is 9.15. The van der Waals surface area contributed by atoms with E-state index in [1.807, 2.05) is 6.92 Å². The average molecular weight is 443 g/mol. The molecule has 0 unspecified atom stereocenters. The zero-order chi connectivity index (χ0) is 21.0. The fourth-order valence-electron chi connectivity index (χ4n) is 3.12. The van der Waals surface area contributed by atoms with E-state index in [-0.39, 0.29) is 25.4 Å². The van der Waals surface area contributed by atoms with Crippen molar-refractivity contribution >= 4 is 33.1 Å². The first-order valence-corrected chi connectivity index (χ1v) is 11.5. The van der Waals surface area contributed by atoms with Gasteiger partial charge in [-0.05, 0) is 44.0 Å². The van der Waals surface area contributed by atoms with Crippen molar-refractivity contribution in [3.05, 3.63) is 46.2 Å². The standard InChI is InChI=1S/C18H23FN4O4S2/c1-3-27-8-7-23-16(17(24)21-13-4-5-14(19)12(2)10-13)11-15(22-29(23,25)26)18-20-6-9-28-18/h4-6,9-10,15-16,22H,3,7-8,11H2,1-2H3,(H,21,24)/t15-,16+/m0/s1. The molecule has 1 amide bonds. The normalized spacial score (nSPS) is 21.8. The summed E-state index contributed by atoms with van der Waals surface area (Å²) in [6.45, 7) is 4.04. The van der Waals surface area contributed by atoms with E-state index in [1.54, 1.807) is 18.5 Å². The van der Waals surface area contributed by atoms with Crippen LogP contribution in [0.15, 0.2) is 29.8 Å². The molecule has 0 radical (unpaired) electrons. The molecule has 0 spiro atoms. The van der Waals surface area contributed by atoms with Gasteiger partial charge in [0, 0.05) is 30.4 Å². The Balaban J connectivity index is 1.85. The van der Waals surface area contributed by atoms with Gasteiger partial charge in [0.2, 0.25) is 5.91 Å². The number of ether oxygens (including phenoxy) is 1. The van der Waals surface area contributed by atoms with Gasteiger partial charge in [0.15, 0.2) is 0 Å². The molecule has 1 aliphatic heterocycles. The van der Waals surface area contributed by atoms with Crippen molar-refractivity contribution in [1.29, 1.82) is 0 Å². The first-order chi connectivity index (χ1) is 13.8. The van der Waals surface area contributed by atoms with Gasteiger partial charge in [0.25, 0.3) is 10.2 Å². The molecule has 2 aromatic rings. The van der Waals surface area contributed by atoms with Crippen LogP contribution in [-0.4, -0.2) is 49.4 Å². The van der Waals surface area contributed by atoms with Crippen molar-refractivity contribution in [1.82, 2.24) is 14.0 Å². The summed E-state index contributed by atoms with van der Waals surface area (Å²) in [5, 5.41) is 5.05. The highest BCUT2D eigenvalue weighted by molar-refractivity contribution is 7.87. The summed E-state index contributed by atoms with van der Waals surface area (Å²) in [7, 11) is -3.93. The second-order valence-corrected chi connectivity index (χ2v) is 9.14. The highest BCUT2D eigenvalue weighted by Gasteiger charge is 2.43. The zero-order valence-electron chi connectivity index (χ0n) is 16.1. The molecule has 11 heteroatoms. The van der Waals surface area contributed by atoms with Gasteiger partial charge in [-0.3, -0.25) is 4.79 Å². The highest BCUT2D eigenvalue weighted by Crippen LogP contribution is 2.30. The second kappa shape index (κ2) is 9.26. The monoisotopic (exact) mass is 442 g/mol. The lowest BCUT2D eigenvalue weighted by molar-refractivity contribution is -0.120. The number of nitrogens with zero attached hydrogens (tertiary/aromatic N) is 2. The summed E-state index contributed by atoms with van der Waals surface area (Å²) >= 11 is 1.32. The molecule has 1 fully saturated rings. The summed E-state index contributed by atoms with van der Waals surface area (Å²) in [6, 6.07) is 2.65. The third kappa shape index (κ3) is 5.17. The Morgan fingerprint density at radius 2 is 2.28 bits per heavy atom. The number of benzene rings is 1. The average Bonchev–Trinajstić information content (AvgIpc) is 3.20. The van der Waals surface area contributed by atoms with Gasteiger partial charge in [-0.2, -0.15) is 17.4 Å². The number of halogens is 1. The summed E-state index contributed by atoms with van der Waals surface area (Å²) in [6.07, 6.45) is 1.80. The maximum absolute atomic E-state index is 13.5. The molecule has 8 nitrogen and oxygen atoms in total. The molecule has 2 N–H and O–H groups in total. The lowest BCUT2D eigenvalue weighted by atomic mass is 10.1. The quantitative estimate of drug-likeness (QED) is 0.641. The molecule has 2 atom stereocenters. The van der Waals surface area contributed by atoms with E-state index in [4.69, 9.17) is 4.74 Å². The number of rotatable bonds is 7. The van der Waals surface area contributed by atoms with E-state index in [9.17, 15) is 17.6 Å². The molecule has 3 rings (SSSR count). The van der Waals surface area contributed by atoms with Gasteiger partial charge in [0.1, 0.15) is 16.9 Å². The Hall–Kier alpha value is -1.92. The van der Waals surface area contributed by atoms with E-state index in [0.717, 1.165) is 4.31 Å². The van der Waals surface area contributed by atoms with Gasteiger partial charge in [0.05, 0.1) is 12.6 Å². The number of aromatic nitrogens is 1. The summed E-state index contributed by atoms with van der Waals surface area (Å²) in [4.78, 5) is 17.2. The van der Waals surface area contributed by atoms with Crippen LogP contribution < -0.4 is 10.0 Å². The number of anilines is 1. The van der Waals surface area contributed by atoms with Crippen molar-refractivity contribution in [2.75, 3.05) is 25.1 Å². The number of hydrogen-bond acceptors (Lipinski definition) is 6. The van der Waals surface area contributed by atoms with Crippen LogP contribution in [0.4, 0.5) is 10.1 Å². The molecule has 158 valence electrons. The Morgan fingerprint density at radius 3 is 2.93 bits per heavy atom. The largest absolute Gasteiger partial charge is 0.380 e. The number of amides is 1. The van der Waals surface area contributed by atoms with Crippen molar-refractivity contribution in [3.8, 4) is 0 Å². The van der Waals surface area contributed by atoms with Gasteiger partial charge < -0.3 is 10.1 Å². The van der Waals surface area contributed by atoms with Crippen molar-refractivity contribution in [2.24, 2.45) is 0 Å². The SMILES string of the molecule is CCOCCN1[C@@H](C(=O)Nc2ccc(F)c(C)c2)C[C@@H](c2nccs2)NS1(=O)=O. The first kappa shape index (κ1) is 21.8. The maximum Gasteiger partial charge on any atom is 0.280 e. The van der Waals surface area contributed by atoms with E-state index >= 15 is 0 Å². The van der Waals surface area contributed by atoms with Crippen LogP contribution in [0.25, 0.3) is 0 Å². The number of carbonyl (C=O) groups excluding carboxylic acids is 1. The minimum Gasteiger partial charge on any atom is -0.380 e. The maximum atomic E-state index is 13.5. The molecule has 1 aliphatic rings. The van der Waals surface area contributed by atoms with Gasteiger partial charge in [-0.25, -0.2) is 9.37 Å².